The number of carbonyl (C=O) groups excluding carboxylic acids is 1. The van der Waals surface area contributed by atoms with Crippen LogP contribution in [-0.2, 0) is 4.79 Å². The quantitative estimate of drug-likeness (QED) is 0.484. The van der Waals surface area contributed by atoms with Gasteiger partial charge < -0.3 is 11.1 Å². The Balaban J connectivity index is 4.61. The Morgan fingerprint density at radius 3 is 2.42 bits per heavy atom. The molecule has 0 aliphatic rings. The highest BCUT2D eigenvalue weighted by molar-refractivity contribution is 6.18. The minimum absolute atomic E-state index is 0.239. The molecule has 0 saturated heterocycles. The van der Waals surface area contributed by atoms with Crippen molar-refractivity contribution in [1.82, 2.24) is 0 Å². The molecule has 0 heterocycles. The number of primary amides is 1. The van der Waals surface area contributed by atoms with E-state index in [2.05, 4.69) is 0 Å². The van der Waals surface area contributed by atoms with E-state index in [1.165, 1.54) is 0 Å². The number of allylic oxidation sites excluding steroid dienone is 1. The first-order valence-electron chi connectivity index (χ1n) is 4.06. The van der Waals surface area contributed by atoms with Crippen LogP contribution in [0.4, 0.5) is 0 Å². The van der Waals surface area contributed by atoms with Crippen molar-refractivity contribution in [2.45, 2.75) is 27.2 Å². The molecule has 1 atom stereocenters. The van der Waals surface area contributed by atoms with Crippen molar-refractivity contribution < 1.29 is 4.79 Å². The fraction of sp³-hybridized carbons (Fsp3) is 0.556. The smallest absolute Gasteiger partial charge is 0.250 e. The van der Waals surface area contributed by atoms with Gasteiger partial charge in [0.1, 0.15) is 0 Å². The molecule has 0 aromatic carbocycles. The third-order valence-electron chi connectivity index (χ3n) is 1.76. The van der Waals surface area contributed by atoms with Gasteiger partial charge in [0, 0.05) is 5.71 Å². The van der Waals surface area contributed by atoms with Crippen LogP contribution in [0.1, 0.15) is 27.2 Å². The molecular formula is C9H16N2O. The second-order valence-electron chi connectivity index (χ2n) is 2.96. The van der Waals surface area contributed by atoms with Gasteiger partial charge in [0.05, 0.1) is 5.57 Å². The van der Waals surface area contributed by atoms with Crippen LogP contribution in [0.5, 0.6) is 0 Å². The van der Waals surface area contributed by atoms with Crippen molar-refractivity contribution >= 4 is 11.6 Å². The summed E-state index contributed by atoms with van der Waals surface area (Å²) in [5.41, 5.74) is 5.67. The minimum atomic E-state index is -0.511. The zero-order valence-corrected chi connectivity index (χ0v) is 7.85. The molecule has 0 aliphatic carbocycles. The molecule has 0 spiro atoms. The maximum Gasteiger partial charge on any atom is 0.250 e. The minimum Gasteiger partial charge on any atom is -0.366 e. The van der Waals surface area contributed by atoms with Crippen LogP contribution < -0.4 is 5.73 Å². The highest BCUT2D eigenvalue weighted by atomic mass is 16.1. The van der Waals surface area contributed by atoms with Gasteiger partial charge in [-0.25, -0.2) is 0 Å². The number of nitrogens with two attached hydrogens (primary N) is 1. The Bertz CT molecular complexity index is 203. The molecule has 0 bridgehead atoms. The van der Waals surface area contributed by atoms with E-state index in [1.807, 2.05) is 13.8 Å². The molecule has 0 aliphatic heterocycles. The van der Waals surface area contributed by atoms with E-state index in [9.17, 15) is 4.79 Å². The molecular weight excluding hydrogens is 152 g/mol. The zero-order valence-electron chi connectivity index (χ0n) is 7.85. The van der Waals surface area contributed by atoms with Crippen LogP contribution in [0.3, 0.4) is 0 Å². The number of hydrogen-bond acceptors (Lipinski definition) is 2. The summed E-state index contributed by atoms with van der Waals surface area (Å²) in [6, 6.07) is 0. The number of amides is 1. The Hall–Kier alpha value is -1.12. The van der Waals surface area contributed by atoms with E-state index in [0.717, 1.165) is 6.42 Å². The largest absolute Gasteiger partial charge is 0.366 e. The van der Waals surface area contributed by atoms with Gasteiger partial charge in [-0.15, -0.1) is 0 Å². The van der Waals surface area contributed by atoms with Crippen molar-refractivity contribution in [3.05, 3.63) is 11.6 Å². The molecule has 3 nitrogen and oxygen atoms in total. The zero-order chi connectivity index (χ0) is 9.72. The lowest BCUT2D eigenvalue weighted by Crippen LogP contribution is -2.19. The highest BCUT2D eigenvalue weighted by Crippen LogP contribution is 2.07. The Morgan fingerprint density at radius 1 is 1.67 bits per heavy atom. The van der Waals surface area contributed by atoms with E-state index < -0.39 is 5.91 Å². The summed E-state index contributed by atoms with van der Waals surface area (Å²) in [6.07, 6.45) is 2.70. The Morgan fingerprint density at radius 2 is 2.17 bits per heavy atom. The van der Waals surface area contributed by atoms with Crippen molar-refractivity contribution in [3.63, 3.8) is 0 Å². The summed E-state index contributed by atoms with van der Waals surface area (Å²) in [7, 11) is 0. The lowest BCUT2D eigenvalue weighted by molar-refractivity contribution is -0.114. The van der Waals surface area contributed by atoms with Crippen LogP contribution in [0, 0.1) is 11.3 Å². The summed E-state index contributed by atoms with van der Waals surface area (Å²) < 4.78 is 0. The molecule has 1 unspecified atom stereocenters. The average Bonchev–Trinajstić information content (AvgIpc) is 1.98. The van der Waals surface area contributed by atoms with E-state index in [4.69, 9.17) is 11.1 Å². The molecule has 3 N–H and O–H groups in total. The second kappa shape index (κ2) is 4.70. The molecule has 0 saturated carbocycles. The van der Waals surface area contributed by atoms with Crippen molar-refractivity contribution in [2.75, 3.05) is 0 Å². The number of rotatable bonds is 4. The molecule has 1 amide bonds. The molecule has 0 fully saturated rings. The van der Waals surface area contributed by atoms with Crippen molar-refractivity contribution in [1.29, 1.82) is 5.41 Å². The van der Waals surface area contributed by atoms with Gasteiger partial charge in [0.2, 0.25) is 5.91 Å². The van der Waals surface area contributed by atoms with Gasteiger partial charge in [-0.05, 0) is 12.8 Å². The molecule has 0 rings (SSSR count). The normalized spacial score (nSPS) is 14.1. The van der Waals surface area contributed by atoms with Gasteiger partial charge in [0.25, 0.3) is 0 Å². The number of carbonyl (C=O) groups is 1. The first-order valence-corrected chi connectivity index (χ1v) is 4.06. The first kappa shape index (κ1) is 10.9. The highest BCUT2D eigenvalue weighted by Gasteiger charge is 2.08. The standard InChI is InChI=1S/C9H16N2O/c1-4-6(2)5-8(7(3)10)9(11)12/h5-6,10H,4H2,1-3H3,(H2,11,12)/b8-5+,10-7?. The Labute approximate surface area is 73.2 Å². The van der Waals surface area contributed by atoms with E-state index in [1.54, 1.807) is 13.0 Å². The summed E-state index contributed by atoms with van der Waals surface area (Å²) >= 11 is 0. The van der Waals surface area contributed by atoms with E-state index >= 15 is 0 Å². The molecule has 12 heavy (non-hydrogen) atoms. The van der Waals surface area contributed by atoms with Crippen LogP contribution in [0.2, 0.25) is 0 Å². The Kier molecular flexibility index (Phi) is 4.26. The van der Waals surface area contributed by atoms with E-state index in [0.29, 0.717) is 11.5 Å². The fourth-order valence-electron chi connectivity index (χ4n) is 0.794. The predicted octanol–water partition coefficient (Wildman–Crippen LogP) is 1.48. The maximum absolute atomic E-state index is 10.8. The van der Waals surface area contributed by atoms with Crippen molar-refractivity contribution in [2.24, 2.45) is 11.7 Å². The van der Waals surface area contributed by atoms with Gasteiger partial charge in [-0.2, -0.15) is 0 Å². The fourth-order valence-corrected chi connectivity index (χ4v) is 0.794. The first-order chi connectivity index (χ1) is 5.49. The molecule has 68 valence electrons. The van der Waals surface area contributed by atoms with Crippen LogP contribution in [-0.4, -0.2) is 11.6 Å². The summed E-state index contributed by atoms with van der Waals surface area (Å²) in [5.74, 6) is -0.212. The molecule has 3 heteroatoms. The average molecular weight is 168 g/mol. The monoisotopic (exact) mass is 168 g/mol. The van der Waals surface area contributed by atoms with Crippen LogP contribution in [0.25, 0.3) is 0 Å². The third-order valence-corrected chi connectivity index (χ3v) is 1.76. The summed E-state index contributed by atoms with van der Waals surface area (Å²) in [6.45, 7) is 5.59. The summed E-state index contributed by atoms with van der Waals surface area (Å²) in [5, 5.41) is 7.28. The van der Waals surface area contributed by atoms with Gasteiger partial charge in [0.15, 0.2) is 0 Å². The molecule has 0 radical (unpaired) electrons. The van der Waals surface area contributed by atoms with E-state index in [-0.39, 0.29) is 5.71 Å². The van der Waals surface area contributed by atoms with Crippen LogP contribution in [0.15, 0.2) is 11.6 Å². The van der Waals surface area contributed by atoms with Crippen molar-refractivity contribution in [3.8, 4) is 0 Å². The van der Waals surface area contributed by atoms with Gasteiger partial charge >= 0.3 is 0 Å². The van der Waals surface area contributed by atoms with Gasteiger partial charge in [-0.3, -0.25) is 4.79 Å². The molecule has 0 aromatic heterocycles. The number of nitrogens with one attached hydrogen (secondary N) is 1. The predicted molar refractivity (Wildman–Crippen MR) is 50.1 cm³/mol. The third kappa shape index (κ3) is 3.32. The second-order valence-corrected chi connectivity index (χ2v) is 2.96. The number of hydrogen-bond donors (Lipinski definition) is 2. The van der Waals surface area contributed by atoms with Crippen LogP contribution >= 0.6 is 0 Å². The molecule has 0 aromatic rings. The SMILES string of the molecule is CCC(C)/C=C(\C(C)=N)C(N)=O. The van der Waals surface area contributed by atoms with Gasteiger partial charge in [-0.1, -0.05) is 26.3 Å². The maximum atomic E-state index is 10.8. The lowest BCUT2D eigenvalue weighted by atomic mass is 10.0. The lowest BCUT2D eigenvalue weighted by Gasteiger charge is -2.04. The topological polar surface area (TPSA) is 66.9 Å². The summed E-state index contributed by atoms with van der Waals surface area (Å²) in [4.78, 5) is 10.8.